The average molecular weight is 520 g/mol. The zero-order valence-corrected chi connectivity index (χ0v) is 20.6. The summed E-state index contributed by atoms with van der Waals surface area (Å²) >= 11 is 12.1. The Hall–Kier alpha value is -2.85. The molecule has 35 heavy (non-hydrogen) atoms. The van der Waals surface area contributed by atoms with Crippen molar-refractivity contribution in [1.29, 1.82) is 0 Å². The first-order valence-corrected chi connectivity index (χ1v) is 12.1. The molecule has 4 rings (SSSR count). The van der Waals surface area contributed by atoms with Gasteiger partial charge in [0.05, 0.1) is 23.3 Å². The molecule has 0 radical (unpaired) electrons. The molecule has 2 saturated heterocycles. The number of benzene rings is 2. The number of ether oxygens (including phenoxy) is 1. The summed E-state index contributed by atoms with van der Waals surface area (Å²) in [5.74, 6) is -0.859. The minimum Gasteiger partial charge on any atom is -0.378 e. The minimum absolute atomic E-state index is 0.204. The van der Waals surface area contributed by atoms with Crippen LogP contribution in [0.2, 0.25) is 10.0 Å². The lowest BCUT2D eigenvalue weighted by Crippen LogP contribution is -2.57. The predicted molar refractivity (Wildman–Crippen MR) is 132 cm³/mol. The lowest BCUT2D eigenvalue weighted by atomic mass is 10.1. The number of carbonyl (C=O) groups is 3. The second kappa shape index (κ2) is 11.3. The highest BCUT2D eigenvalue weighted by Gasteiger charge is 2.44. The van der Waals surface area contributed by atoms with E-state index in [0.29, 0.717) is 37.9 Å². The van der Waals surface area contributed by atoms with Gasteiger partial charge in [0.2, 0.25) is 0 Å². The summed E-state index contributed by atoms with van der Waals surface area (Å²) in [4.78, 5) is 44.6. The molecule has 2 heterocycles. The van der Waals surface area contributed by atoms with Gasteiger partial charge in [0.15, 0.2) is 6.17 Å². The molecule has 1 atom stereocenters. The number of nitrogens with zero attached hydrogens (tertiary/aromatic N) is 3. The maximum absolute atomic E-state index is 13.4. The van der Waals surface area contributed by atoms with E-state index in [2.05, 4.69) is 5.32 Å². The van der Waals surface area contributed by atoms with Crippen molar-refractivity contribution in [1.82, 2.24) is 20.0 Å². The van der Waals surface area contributed by atoms with E-state index in [9.17, 15) is 14.4 Å². The van der Waals surface area contributed by atoms with E-state index in [4.69, 9.17) is 33.7 Å². The van der Waals surface area contributed by atoms with Crippen LogP contribution in [0, 0.1) is 0 Å². The summed E-state index contributed by atoms with van der Waals surface area (Å²) < 4.78 is 5.34. The minimum atomic E-state index is -1.11. The van der Waals surface area contributed by atoms with E-state index in [1.807, 2.05) is 24.3 Å². The van der Waals surface area contributed by atoms with Gasteiger partial charge in [-0.3, -0.25) is 14.5 Å². The predicted octanol–water partition coefficient (Wildman–Crippen LogP) is 2.30. The third kappa shape index (κ3) is 5.70. The Morgan fingerprint density at radius 2 is 1.66 bits per heavy atom. The quantitative estimate of drug-likeness (QED) is 0.629. The number of morpholine rings is 1. The van der Waals surface area contributed by atoms with Crippen molar-refractivity contribution in [2.75, 3.05) is 39.4 Å². The van der Waals surface area contributed by atoms with Crippen LogP contribution in [-0.4, -0.2) is 78.1 Å². The number of hydrogen-bond donors (Lipinski definition) is 2. The van der Waals surface area contributed by atoms with Crippen LogP contribution in [0.25, 0.3) is 0 Å². The summed E-state index contributed by atoms with van der Waals surface area (Å²) in [6.45, 7) is 2.77. The molecule has 2 aliphatic heterocycles. The Morgan fingerprint density at radius 1 is 0.943 bits per heavy atom. The molecule has 9 nitrogen and oxygen atoms in total. The molecule has 2 aromatic carbocycles. The van der Waals surface area contributed by atoms with Crippen molar-refractivity contribution >= 4 is 41.0 Å². The monoisotopic (exact) mass is 519 g/mol. The Bertz CT molecular complexity index is 1110. The number of halogens is 2. The number of hydrogen-bond acceptors (Lipinski definition) is 5. The summed E-state index contributed by atoms with van der Waals surface area (Å²) in [5, 5.41) is 3.44. The molecule has 0 aliphatic carbocycles. The fourth-order valence-electron chi connectivity index (χ4n) is 4.20. The van der Waals surface area contributed by atoms with Gasteiger partial charge in [-0.15, -0.1) is 0 Å². The highest BCUT2D eigenvalue weighted by molar-refractivity contribution is 6.42. The van der Waals surface area contributed by atoms with Gasteiger partial charge in [-0.05, 0) is 29.3 Å². The zero-order chi connectivity index (χ0) is 24.9. The van der Waals surface area contributed by atoms with Gasteiger partial charge in [-0.25, -0.2) is 4.79 Å². The number of carbonyl (C=O) groups excluding carboxylic acids is 3. The Morgan fingerprint density at radius 3 is 2.37 bits per heavy atom. The third-order valence-electron chi connectivity index (χ3n) is 6.06. The first kappa shape index (κ1) is 25.2. The summed E-state index contributed by atoms with van der Waals surface area (Å²) in [6, 6.07) is 11.8. The number of urea groups is 1. The molecule has 0 saturated carbocycles. The van der Waals surface area contributed by atoms with E-state index < -0.39 is 18.0 Å². The maximum atomic E-state index is 13.4. The van der Waals surface area contributed by atoms with Crippen molar-refractivity contribution in [3.05, 3.63) is 69.2 Å². The van der Waals surface area contributed by atoms with E-state index in [-0.39, 0.29) is 36.3 Å². The first-order chi connectivity index (χ1) is 16.9. The molecule has 0 aromatic heterocycles. The standard InChI is InChI=1S/C24H27Cl2N5O4/c25-19-5-4-18(13-20(19)26)23(33)30-6-7-31(24(34)29-8-10-35-11-9-29)22(30)21(32)28-15-17-3-1-2-16(12-17)14-27/h1-5,12-13,22H,6-11,14-15,27H2,(H,28,32). The highest BCUT2D eigenvalue weighted by atomic mass is 35.5. The third-order valence-corrected chi connectivity index (χ3v) is 6.79. The lowest BCUT2D eigenvalue weighted by Gasteiger charge is -2.34. The molecule has 2 fully saturated rings. The number of rotatable bonds is 5. The molecule has 0 spiro atoms. The molecule has 0 bridgehead atoms. The van der Waals surface area contributed by atoms with Gasteiger partial charge < -0.3 is 25.6 Å². The summed E-state index contributed by atoms with van der Waals surface area (Å²) in [5.41, 5.74) is 7.81. The molecule has 2 aromatic rings. The van der Waals surface area contributed by atoms with Crippen molar-refractivity contribution in [3.63, 3.8) is 0 Å². The summed E-state index contributed by atoms with van der Waals surface area (Å²) in [7, 11) is 0. The van der Waals surface area contributed by atoms with Crippen molar-refractivity contribution in [2.24, 2.45) is 5.73 Å². The van der Waals surface area contributed by atoms with Crippen LogP contribution in [0.1, 0.15) is 21.5 Å². The number of nitrogens with one attached hydrogen (secondary N) is 1. The van der Waals surface area contributed by atoms with Crippen molar-refractivity contribution in [3.8, 4) is 0 Å². The Labute approximate surface area is 213 Å². The largest absolute Gasteiger partial charge is 0.378 e. The zero-order valence-electron chi connectivity index (χ0n) is 19.1. The molecule has 186 valence electrons. The molecular formula is C24H27Cl2N5O4. The van der Waals surface area contributed by atoms with E-state index in [1.165, 1.54) is 21.9 Å². The van der Waals surface area contributed by atoms with Crippen LogP contribution in [0.3, 0.4) is 0 Å². The van der Waals surface area contributed by atoms with E-state index in [1.54, 1.807) is 11.0 Å². The second-order valence-electron chi connectivity index (χ2n) is 8.32. The lowest BCUT2D eigenvalue weighted by molar-refractivity contribution is -0.128. The maximum Gasteiger partial charge on any atom is 0.322 e. The molecular weight excluding hydrogens is 493 g/mol. The van der Waals surface area contributed by atoms with E-state index in [0.717, 1.165) is 11.1 Å². The van der Waals surface area contributed by atoms with Crippen molar-refractivity contribution in [2.45, 2.75) is 19.3 Å². The average Bonchev–Trinajstić information content (AvgIpc) is 3.34. The Kier molecular flexibility index (Phi) is 8.12. The first-order valence-electron chi connectivity index (χ1n) is 11.3. The summed E-state index contributed by atoms with van der Waals surface area (Å²) in [6.07, 6.45) is -1.11. The SMILES string of the molecule is NCc1cccc(CNC(=O)C2N(C(=O)c3ccc(Cl)c(Cl)c3)CCN2C(=O)N2CCOCC2)c1. The smallest absolute Gasteiger partial charge is 0.322 e. The fourth-order valence-corrected chi connectivity index (χ4v) is 4.50. The fraction of sp³-hybridized carbons (Fsp3) is 0.375. The van der Waals surface area contributed by atoms with Crippen molar-refractivity contribution < 1.29 is 19.1 Å². The van der Waals surface area contributed by atoms with Crippen LogP contribution in [0.5, 0.6) is 0 Å². The number of amides is 4. The van der Waals surface area contributed by atoms with Gasteiger partial charge in [-0.2, -0.15) is 0 Å². The van der Waals surface area contributed by atoms with Gasteiger partial charge >= 0.3 is 6.03 Å². The van der Waals surface area contributed by atoms with Crippen LogP contribution in [0.15, 0.2) is 42.5 Å². The topological polar surface area (TPSA) is 108 Å². The molecule has 11 heteroatoms. The van der Waals surface area contributed by atoms with Gasteiger partial charge in [0, 0.05) is 44.8 Å². The molecule has 2 aliphatic rings. The highest BCUT2D eigenvalue weighted by Crippen LogP contribution is 2.26. The number of nitrogens with two attached hydrogens (primary N) is 1. The van der Waals surface area contributed by atoms with Crippen LogP contribution in [-0.2, 0) is 22.6 Å². The molecule has 4 amide bonds. The van der Waals surface area contributed by atoms with E-state index >= 15 is 0 Å². The molecule has 3 N–H and O–H groups in total. The van der Waals surface area contributed by atoms with Crippen LogP contribution < -0.4 is 11.1 Å². The van der Waals surface area contributed by atoms with Gasteiger partial charge in [0.1, 0.15) is 0 Å². The van der Waals surface area contributed by atoms with Crippen LogP contribution in [0.4, 0.5) is 4.79 Å². The Balaban J connectivity index is 1.57. The van der Waals surface area contributed by atoms with Crippen LogP contribution >= 0.6 is 23.2 Å². The van der Waals surface area contributed by atoms with Gasteiger partial charge in [-0.1, -0.05) is 47.5 Å². The normalized spacial score (nSPS) is 18.0. The second-order valence-corrected chi connectivity index (χ2v) is 9.13. The molecule has 1 unspecified atom stereocenters. The van der Waals surface area contributed by atoms with Gasteiger partial charge in [0.25, 0.3) is 11.8 Å².